The lowest BCUT2D eigenvalue weighted by Gasteiger charge is -2.21. The molecule has 1 aromatic carbocycles. The summed E-state index contributed by atoms with van der Waals surface area (Å²) in [6.45, 7) is 7.15. The van der Waals surface area contributed by atoms with Crippen molar-refractivity contribution >= 4 is 5.91 Å². The first-order chi connectivity index (χ1) is 12.4. The standard InChI is InChI=1S/C20H22F4N2O/c1-10(2)16-14(9-15(25)27)18(11(3)4)26-19(17(16)21)12-6-5-7-13(8-12)20(22,23)24/h5-8,10-11H,9H2,1-4H3,(H2,25,27). The van der Waals surface area contributed by atoms with Gasteiger partial charge in [-0.05, 0) is 35.1 Å². The molecule has 0 fully saturated rings. The summed E-state index contributed by atoms with van der Waals surface area (Å²) < 4.78 is 54.4. The maximum absolute atomic E-state index is 15.3. The van der Waals surface area contributed by atoms with E-state index in [0.29, 0.717) is 11.3 Å². The summed E-state index contributed by atoms with van der Waals surface area (Å²) >= 11 is 0. The molecule has 0 radical (unpaired) electrons. The monoisotopic (exact) mass is 382 g/mol. The number of nitrogens with two attached hydrogens (primary N) is 1. The van der Waals surface area contributed by atoms with E-state index in [1.165, 1.54) is 12.1 Å². The first-order valence-electron chi connectivity index (χ1n) is 8.61. The van der Waals surface area contributed by atoms with Crippen LogP contribution in [0.2, 0.25) is 0 Å². The van der Waals surface area contributed by atoms with Crippen LogP contribution in [0.4, 0.5) is 17.6 Å². The van der Waals surface area contributed by atoms with Crippen molar-refractivity contribution in [2.45, 2.75) is 52.1 Å². The number of hydrogen-bond donors (Lipinski definition) is 1. The molecule has 0 atom stereocenters. The van der Waals surface area contributed by atoms with Crippen LogP contribution in [0.15, 0.2) is 24.3 Å². The number of benzene rings is 1. The van der Waals surface area contributed by atoms with Gasteiger partial charge in [0.2, 0.25) is 5.91 Å². The number of pyridine rings is 1. The number of aromatic nitrogens is 1. The molecule has 2 aromatic rings. The number of alkyl halides is 3. The smallest absolute Gasteiger partial charge is 0.369 e. The van der Waals surface area contributed by atoms with E-state index in [2.05, 4.69) is 4.98 Å². The highest BCUT2D eigenvalue weighted by atomic mass is 19.4. The van der Waals surface area contributed by atoms with Gasteiger partial charge >= 0.3 is 6.18 Å². The predicted octanol–water partition coefficient (Wildman–Crippen LogP) is 5.18. The Morgan fingerprint density at radius 3 is 2.26 bits per heavy atom. The summed E-state index contributed by atoms with van der Waals surface area (Å²) in [6, 6.07) is 4.42. The highest BCUT2D eigenvalue weighted by molar-refractivity contribution is 5.78. The summed E-state index contributed by atoms with van der Waals surface area (Å²) in [4.78, 5) is 15.8. The molecule has 1 amide bonds. The van der Waals surface area contributed by atoms with Crippen LogP contribution in [0.1, 0.15) is 61.9 Å². The van der Waals surface area contributed by atoms with Crippen molar-refractivity contribution in [3.05, 3.63) is 52.5 Å². The average Bonchev–Trinajstić information content (AvgIpc) is 2.53. The number of nitrogens with zero attached hydrogens (tertiary/aromatic N) is 1. The fourth-order valence-electron chi connectivity index (χ4n) is 3.11. The number of amides is 1. The van der Waals surface area contributed by atoms with E-state index in [9.17, 15) is 18.0 Å². The van der Waals surface area contributed by atoms with Gasteiger partial charge in [-0.15, -0.1) is 0 Å². The molecule has 1 heterocycles. The van der Waals surface area contributed by atoms with Crippen LogP contribution in [0.5, 0.6) is 0 Å². The van der Waals surface area contributed by atoms with Crippen molar-refractivity contribution in [3.8, 4) is 11.3 Å². The van der Waals surface area contributed by atoms with Crippen LogP contribution in [0, 0.1) is 5.82 Å². The Bertz CT molecular complexity index is 858. The Morgan fingerprint density at radius 2 is 1.78 bits per heavy atom. The third-order valence-corrected chi connectivity index (χ3v) is 4.25. The second-order valence-electron chi connectivity index (χ2n) is 7.08. The molecule has 2 N–H and O–H groups in total. The van der Waals surface area contributed by atoms with Crippen LogP contribution >= 0.6 is 0 Å². The van der Waals surface area contributed by atoms with Gasteiger partial charge in [0.25, 0.3) is 0 Å². The third kappa shape index (κ3) is 4.46. The fourth-order valence-corrected chi connectivity index (χ4v) is 3.11. The lowest BCUT2D eigenvalue weighted by Crippen LogP contribution is -2.19. The SMILES string of the molecule is CC(C)c1nc(-c2cccc(C(F)(F)F)c2)c(F)c(C(C)C)c1CC(N)=O. The molecule has 0 aliphatic heterocycles. The van der Waals surface area contributed by atoms with Crippen LogP contribution in [0.25, 0.3) is 11.3 Å². The minimum Gasteiger partial charge on any atom is -0.369 e. The van der Waals surface area contributed by atoms with Crippen molar-refractivity contribution < 1.29 is 22.4 Å². The number of hydrogen-bond acceptors (Lipinski definition) is 2. The largest absolute Gasteiger partial charge is 0.416 e. The van der Waals surface area contributed by atoms with Gasteiger partial charge in [-0.25, -0.2) is 9.37 Å². The summed E-state index contributed by atoms with van der Waals surface area (Å²) in [5.74, 6) is -1.80. The Labute approximate surface area is 155 Å². The minimum atomic E-state index is -4.54. The molecule has 2 rings (SSSR count). The highest BCUT2D eigenvalue weighted by Crippen LogP contribution is 2.37. The fraction of sp³-hybridized carbons (Fsp3) is 0.400. The highest BCUT2D eigenvalue weighted by Gasteiger charge is 2.31. The van der Waals surface area contributed by atoms with Crippen molar-refractivity contribution in [1.29, 1.82) is 0 Å². The normalized spacial score (nSPS) is 12.1. The van der Waals surface area contributed by atoms with Crippen LogP contribution < -0.4 is 5.73 Å². The van der Waals surface area contributed by atoms with Gasteiger partial charge in [0.05, 0.1) is 12.0 Å². The van der Waals surface area contributed by atoms with Crippen molar-refractivity contribution in [3.63, 3.8) is 0 Å². The van der Waals surface area contributed by atoms with Gasteiger partial charge in [-0.2, -0.15) is 13.2 Å². The summed E-state index contributed by atoms with van der Waals surface area (Å²) in [6.07, 6.45) is -4.71. The van der Waals surface area contributed by atoms with E-state index < -0.39 is 23.5 Å². The Balaban J connectivity index is 2.81. The van der Waals surface area contributed by atoms with E-state index in [4.69, 9.17) is 5.73 Å². The Kier molecular flexibility index (Phi) is 5.92. The molecule has 3 nitrogen and oxygen atoms in total. The second-order valence-corrected chi connectivity index (χ2v) is 7.08. The van der Waals surface area contributed by atoms with E-state index >= 15 is 4.39 Å². The third-order valence-electron chi connectivity index (χ3n) is 4.25. The zero-order valence-corrected chi connectivity index (χ0v) is 15.6. The molecular formula is C20H22F4N2O. The zero-order valence-electron chi connectivity index (χ0n) is 15.6. The maximum atomic E-state index is 15.3. The first-order valence-corrected chi connectivity index (χ1v) is 8.61. The lowest BCUT2D eigenvalue weighted by molar-refractivity contribution is -0.137. The topological polar surface area (TPSA) is 56.0 Å². The summed E-state index contributed by atoms with van der Waals surface area (Å²) in [5.41, 5.74) is 5.47. The van der Waals surface area contributed by atoms with Crippen molar-refractivity contribution in [1.82, 2.24) is 4.98 Å². The molecule has 0 aliphatic carbocycles. The minimum absolute atomic E-state index is 0.0387. The summed E-state index contributed by atoms with van der Waals surface area (Å²) in [5, 5.41) is 0. The molecule has 7 heteroatoms. The van der Waals surface area contributed by atoms with E-state index in [-0.39, 0.29) is 35.1 Å². The van der Waals surface area contributed by atoms with Crippen LogP contribution in [0.3, 0.4) is 0 Å². The van der Waals surface area contributed by atoms with E-state index in [0.717, 1.165) is 12.1 Å². The Hall–Kier alpha value is -2.44. The van der Waals surface area contributed by atoms with Gasteiger partial charge in [-0.3, -0.25) is 4.79 Å². The summed E-state index contributed by atoms with van der Waals surface area (Å²) in [7, 11) is 0. The number of primary amides is 1. The van der Waals surface area contributed by atoms with Gasteiger partial charge < -0.3 is 5.73 Å². The molecule has 146 valence electrons. The molecule has 0 spiro atoms. The zero-order chi connectivity index (χ0) is 20.5. The second kappa shape index (κ2) is 7.66. The lowest BCUT2D eigenvalue weighted by atomic mass is 9.88. The van der Waals surface area contributed by atoms with Crippen LogP contribution in [-0.2, 0) is 17.4 Å². The molecule has 0 bridgehead atoms. The Morgan fingerprint density at radius 1 is 1.15 bits per heavy atom. The first kappa shape index (κ1) is 20.9. The maximum Gasteiger partial charge on any atom is 0.416 e. The number of rotatable bonds is 5. The predicted molar refractivity (Wildman–Crippen MR) is 95.7 cm³/mol. The quantitative estimate of drug-likeness (QED) is 0.725. The van der Waals surface area contributed by atoms with Gasteiger partial charge in [0, 0.05) is 11.3 Å². The van der Waals surface area contributed by atoms with Gasteiger partial charge in [0.1, 0.15) is 5.69 Å². The molecule has 0 saturated heterocycles. The molecule has 1 aromatic heterocycles. The van der Waals surface area contributed by atoms with Crippen LogP contribution in [-0.4, -0.2) is 10.9 Å². The van der Waals surface area contributed by atoms with Crippen molar-refractivity contribution in [2.24, 2.45) is 5.73 Å². The number of halogens is 4. The molecular weight excluding hydrogens is 360 g/mol. The van der Waals surface area contributed by atoms with E-state index in [1.807, 2.05) is 13.8 Å². The average molecular weight is 382 g/mol. The molecule has 0 unspecified atom stereocenters. The van der Waals surface area contributed by atoms with Gasteiger partial charge in [0.15, 0.2) is 5.82 Å². The molecule has 0 aliphatic rings. The number of carbonyl (C=O) groups is 1. The van der Waals surface area contributed by atoms with Crippen molar-refractivity contribution in [2.75, 3.05) is 0 Å². The molecule has 0 saturated carbocycles. The van der Waals surface area contributed by atoms with E-state index in [1.54, 1.807) is 13.8 Å². The molecule has 27 heavy (non-hydrogen) atoms. The van der Waals surface area contributed by atoms with Gasteiger partial charge in [-0.1, -0.05) is 39.8 Å². The number of carbonyl (C=O) groups excluding carboxylic acids is 1.